The molecule has 6 heteroatoms. The first kappa shape index (κ1) is 15.7. The fraction of sp³-hybridized carbons (Fsp3) is 0.875. The number of likely N-dealkylation sites (tertiary alicyclic amines) is 1. The SMILES string of the molecule is CC(C(=O)N1C[C@H]2COCC[C@@]2(C(=O)O)C1)C1CCOCC1. The highest BCUT2D eigenvalue weighted by Crippen LogP contribution is 2.43. The Morgan fingerprint density at radius 2 is 1.95 bits per heavy atom. The van der Waals surface area contributed by atoms with E-state index in [2.05, 4.69) is 0 Å². The van der Waals surface area contributed by atoms with Crippen LogP contribution in [-0.4, -0.2) is 61.4 Å². The molecule has 3 heterocycles. The molecule has 1 unspecified atom stereocenters. The molecular weight excluding hydrogens is 286 g/mol. The molecular formula is C16H25NO5. The standard InChI is InChI=1S/C16H25NO5/c1-11(12-2-5-21-6-3-12)14(18)17-8-13-9-22-7-4-16(13,10-17)15(19)20/h11-13H,2-10H2,1H3,(H,19,20)/t11?,13-,16+/m0/s1. The van der Waals surface area contributed by atoms with Crippen molar-refractivity contribution in [3.8, 4) is 0 Å². The van der Waals surface area contributed by atoms with Gasteiger partial charge in [0, 0.05) is 44.7 Å². The minimum Gasteiger partial charge on any atom is -0.481 e. The van der Waals surface area contributed by atoms with Crippen LogP contribution in [0.1, 0.15) is 26.2 Å². The van der Waals surface area contributed by atoms with Crippen LogP contribution in [0.2, 0.25) is 0 Å². The summed E-state index contributed by atoms with van der Waals surface area (Å²) in [7, 11) is 0. The monoisotopic (exact) mass is 311 g/mol. The van der Waals surface area contributed by atoms with Crippen molar-refractivity contribution in [2.45, 2.75) is 26.2 Å². The molecule has 0 aliphatic carbocycles. The molecule has 0 aromatic carbocycles. The maximum Gasteiger partial charge on any atom is 0.311 e. The summed E-state index contributed by atoms with van der Waals surface area (Å²) in [6, 6.07) is 0. The van der Waals surface area contributed by atoms with Crippen LogP contribution < -0.4 is 0 Å². The van der Waals surface area contributed by atoms with Gasteiger partial charge < -0.3 is 19.5 Å². The fourth-order valence-corrected chi connectivity index (χ4v) is 4.17. The Kier molecular flexibility index (Phi) is 4.41. The van der Waals surface area contributed by atoms with E-state index in [1.54, 1.807) is 4.90 Å². The third-order valence-electron chi connectivity index (χ3n) is 5.81. The van der Waals surface area contributed by atoms with Gasteiger partial charge in [0.1, 0.15) is 0 Å². The molecule has 0 aromatic heterocycles. The summed E-state index contributed by atoms with van der Waals surface area (Å²) >= 11 is 0. The normalized spacial score (nSPS) is 34.2. The van der Waals surface area contributed by atoms with Crippen LogP contribution in [0, 0.1) is 23.2 Å². The van der Waals surface area contributed by atoms with Gasteiger partial charge in [-0.1, -0.05) is 6.92 Å². The summed E-state index contributed by atoms with van der Waals surface area (Å²) in [6.07, 6.45) is 2.33. The minimum atomic E-state index is -0.802. The third kappa shape index (κ3) is 2.63. The molecule has 3 aliphatic heterocycles. The number of carbonyl (C=O) groups is 2. The van der Waals surface area contributed by atoms with Crippen LogP contribution in [0.5, 0.6) is 0 Å². The number of aliphatic carboxylic acids is 1. The molecule has 0 spiro atoms. The number of carboxylic acids is 1. The Balaban J connectivity index is 1.70. The summed E-state index contributed by atoms with van der Waals surface area (Å²) < 4.78 is 10.8. The molecule has 3 fully saturated rings. The second-order valence-corrected chi connectivity index (χ2v) is 6.94. The molecule has 3 atom stereocenters. The van der Waals surface area contributed by atoms with Crippen molar-refractivity contribution in [1.29, 1.82) is 0 Å². The molecule has 1 N–H and O–H groups in total. The number of ether oxygens (including phenoxy) is 2. The van der Waals surface area contributed by atoms with Crippen molar-refractivity contribution >= 4 is 11.9 Å². The second-order valence-electron chi connectivity index (χ2n) is 6.94. The summed E-state index contributed by atoms with van der Waals surface area (Å²) in [4.78, 5) is 26.4. The topological polar surface area (TPSA) is 76.1 Å². The number of nitrogens with zero attached hydrogens (tertiary/aromatic N) is 1. The summed E-state index contributed by atoms with van der Waals surface area (Å²) in [5.74, 6) is -0.474. The van der Waals surface area contributed by atoms with Crippen molar-refractivity contribution in [3.05, 3.63) is 0 Å². The zero-order chi connectivity index (χ0) is 15.7. The van der Waals surface area contributed by atoms with E-state index in [1.165, 1.54) is 0 Å². The van der Waals surface area contributed by atoms with Gasteiger partial charge in [0.25, 0.3) is 0 Å². The first-order valence-electron chi connectivity index (χ1n) is 8.22. The van der Waals surface area contributed by atoms with Gasteiger partial charge in [0.05, 0.1) is 12.0 Å². The number of rotatable bonds is 3. The van der Waals surface area contributed by atoms with E-state index < -0.39 is 11.4 Å². The molecule has 0 bridgehead atoms. The highest BCUT2D eigenvalue weighted by Gasteiger charge is 2.55. The van der Waals surface area contributed by atoms with Gasteiger partial charge in [-0.05, 0) is 25.2 Å². The van der Waals surface area contributed by atoms with Crippen molar-refractivity contribution in [1.82, 2.24) is 4.90 Å². The van der Waals surface area contributed by atoms with Crippen molar-refractivity contribution < 1.29 is 24.2 Å². The van der Waals surface area contributed by atoms with Crippen LogP contribution in [0.4, 0.5) is 0 Å². The van der Waals surface area contributed by atoms with E-state index >= 15 is 0 Å². The molecule has 0 saturated carbocycles. The average molecular weight is 311 g/mol. The summed E-state index contributed by atoms with van der Waals surface area (Å²) in [5.41, 5.74) is -0.802. The summed E-state index contributed by atoms with van der Waals surface area (Å²) in [5, 5.41) is 9.68. The maximum absolute atomic E-state index is 12.8. The van der Waals surface area contributed by atoms with Crippen LogP contribution in [0.25, 0.3) is 0 Å². The second kappa shape index (κ2) is 6.16. The number of carboxylic acid groups (broad SMARTS) is 1. The molecule has 3 rings (SSSR count). The van der Waals surface area contributed by atoms with E-state index in [4.69, 9.17) is 9.47 Å². The lowest BCUT2D eigenvalue weighted by Crippen LogP contribution is -2.45. The quantitative estimate of drug-likeness (QED) is 0.841. The largest absolute Gasteiger partial charge is 0.481 e. The molecule has 3 saturated heterocycles. The van der Waals surface area contributed by atoms with Gasteiger partial charge >= 0.3 is 5.97 Å². The fourth-order valence-electron chi connectivity index (χ4n) is 4.17. The predicted octanol–water partition coefficient (Wildman–Crippen LogP) is 0.999. The highest BCUT2D eigenvalue weighted by molar-refractivity contribution is 5.82. The molecule has 6 nitrogen and oxygen atoms in total. The lowest BCUT2D eigenvalue weighted by molar-refractivity contribution is -0.157. The third-order valence-corrected chi connectivity index (χ3v) is 5.81. The van der Waals surface area contributed by atoms with Crippen LogP contribution >= 0.6 is 0 Å². The van der Waals surface area contributed by atoms with Crippen molar-refractivity contribution in [2.24, 2.45) is 23.2 Å². The average Bonchev–Trinajstić information content (AvgIpc) is 2.95. The van der Waals surface area contributed by atoms with Crippen molar-refractivity contribution in [3.63, 3.8) is 0 Å². The number of amides is 1. The Hall–Kier alpha value is -1.14. The number of hydrogen-bond donors (Lipinski definition) is 1. The van der Waals surface area contributed by atoms with Crippen LogP contribution in [-0.2, 0) is 19.1 Å². The van der Waals surface area contributed by atoms with Gasteiger partial charge in [-0.15, -0.1) is 0 Å². The van der Waals surface area contributed by atoms with Crippen molar-refractivity contribution in [2.75, 3.05) is 39.5 Å². The van der Waals surface area contributed by atoms with Crippen LogP contribution in [0.3, 0.4) is 0 Å². The highest BCUT2D eigenvalue weighted by atomic mass is 16.5. The van der Waals surface area contributed by atoms with E-state index in [0.29, 0.717) is 38.6 Å². The Bertz CT molecular complexity index is 448. The summed E-state index contributed by atoms with van der Waals surface area (Å²) in [6.45, 7) is 5.18. The predicted molar refractivity (Wildman–Crippen MR) is 78.3 cm³/mol. The first-order chi connectivity index (χ1) is 10.5. The van der Waals surface area contributed by atoms with Gasteiger partial charge in [-0.3, -0.25) is 9.59 Å². The zero-order valence-corrected chi connectivity index (χ0v) is 13.1. The van der Waals surface area contributed by atoms with E-state index in [-0.39, 0.29) is 17.7 Å². The van der Waals surface area contributed by atoms with Gasteiger partial charge in [0.2, 0.25) is 5.91 Å². The first-order valence-corrected chi connectivity index (χ1v) is 8.22. The molecule has 0 aromatic rings. The van der Waals surface area contributed by atoms with Gasteiger partial charge in [-0.25, -0.2) is 0 Å². The lowest BCUT2D eigenvalue weighted by Gasteiger charge is -2.34. The minimum absolute atomic E-state index is 0.0594. The Morgan fingerprint density at radius 1 is 1.23 bits per heavy atom. The molecule has 0 radical (unpaired) electrons. The number of hydrogen-bond acceptors (Lipinski definition) is 4. The molecule has 124 valence electrons. The number of carbonyl (C=O) groups excluding carboxylic acids is 1. The van der Waals surface area contributed by atoms with E-state index in [9.17, 15) is 14.7 Å². The zero-order valence-electron chi connectivity index (χ0n) is 13.1. The van der Waals surface area contributed by atoms with Gasteiger partial charge in [0.15, 0.2) is 0 Å². The molecule has 3 aliphatic rings. The Labute approximate surface area is 130 Å². The Morgan fingerprint density at radius 3 is 2.59 bits per heavy atom. The lowest BCUT2D eigenvalue weighted by atomic mass is 9.74. The molecule has 22 heavy (non-hydrogen) atoms. The van der Waals surface area contributed by atoms with E-state index in [0.717, 1.165) is 26.1 Å². The smallest absolute Gasteiger partial charge is 0.311 e. The van der Waals surface area contributed by atoms with Crippen LogP contribution in [0.15, 0.2) is 0 Å². The van der Waals surface area contributed by atoms with E-state index in [1.807, 2.05) is 6.92 Å². The molecule has 1 amide bonds. The van der Waals surface area contributed by atoms with Gasteiger partial charge in [-0.2, -0.15) is 0 Å². The number of fused-ring (bicyclic) bond motifs is 1. The maximum atomic E-state index is 12.8.